The van der Waals surface area contributed by atoms with Crippen molar-refractivity contribution in [3.05, 3.63) is 35.9 Å². The Hall–Kier alpha value is -1.84. The lowest BCUT2D eigenvalue weighted by molar-refractivity contribution is -0.117. The summed E-state index contributed by atoms with van der Waals surface area (Å²) < 4.78 is 0. The van der Waals surface area contributed by atoms with Crippen molar-refractivity contribution in [1.82, 2.24) is 10.3 Å². The summed E-state index contributed by atoms with van der Waals surface area (Å²) in [5, 5.41) is 10.4. The molecule has 2 atom stereocenters. The third-order valence-electron chi connectivity index (χ3n) is 7.72. The van der Waals surface area contributed by atoms with E-state index in [1.54, 1.807) is 0 Å². The summed E-state index contributed by atoms with van der Waals surface area (Å²) >= 11 is 0. The highest BCUT2D eigenvalue weighted by molar-refractivity contribution is 6.39. The predicted molar refractivity (Wildman–Crippen MR) is 109 cm³/mol. The Labute approximate surface area is 163 Å². The fourth-order valence-corrected chi connectivity index (χ4v) is 5.59. The van der Waals surface area contributed by atoms with Gasteiger partial charge in [-0.1, -0.05) is 50.6 Å². The van der Waals surface area contributed by atoms with Gasteiger partial charge in [0.15, 0.2) is 0 Å². The van der Waals surface area contributed by atoms with Crippen LogP contribution in [0.5, 0.6) is 0 Å². The summed E-state index contributed by atoms with van der Waals surface area (Å²) in [5.41, 5.74) is 2.12. The van der Waals surface area contributed by atoms with Crippen LogP contribution in [0.3, 0.4) is 0 Å². The van der Waals surface area contributed by atoms with E-state index in [0.29, 0.717) is 18.1 Å². The van der Waals surface area contributed by atoms with Crippen molar-refractivity contribution in [3.8, 4) is 0 Å². The number of fused-ring (bicyclic) bond motifs is 2. The minimum absolute atomic E-state index is 0.0532. The van der Waals surface area contributed by atoms with Gasteiger partial charge in [0.1, 0.15) is 5.71 Å². The van der Waals surface area contributed by atoms with Gasteiger partial charge in [0, 0.05) is 18.5 Å². The molecule has 4 heteroatoms. The van der Waals surface area contributed by atoms with Crippen LogP contribution in [-0.2, 0) is 4.79 Å². The molecule has 1 N–H and O–H groups in total. The lowest BCUT2D eigenvalue weighted by Crippen LogP contribution is -2.55. The van der Waals surface area contributed by atoms with E-state index in [1.807, 2.05) is 6.07 Å². The number of amides is 1. The second kappa shape index (κ2) is 6.96. The second-order valence-corrected chi connectivity index (χ2v) is 9.19. The van der Waals surface area contributed by atoms with Gasteiger partial charge < -0.3 is 5.32 Å². The fourth-order valence-electron chi connectivity index (χ4n) is 5.59. The molecule has 2 aliphatic carbocycles. The van der Waals surface area contributed by atoms with Crippen LogP contribution in [0.1, 0.15) is 77.3 Å². The standard InChI is InChI=1S/C23H33N3O/c1-4-5-15-26-20(17-9-7-6-8-10-17)16-19(25-26)21(27)24-23(3)18-11-13-22(23,2)14-12-18/h6-10,18,20H,4-5,11-16H2,1-3H3,(H,24,27)/t18?,20?,22?,23-/m0/s1. The summed E-state index contributed by atoms with van der Waals surface area (Å²) in [6, 6.07) is 10.7. The van der Waals surface area contributed by atoms with Crippen LogP contribution in [0.2, 0.25) is 0 Å². The number of carbonyl (C=O) groups excluding carboxylic acids is 1. The first-order valence-corrected chi connectivity index (χ1v) is 10.7. The normalized spacial score (nSPS) is 34.8. The molecule has 4 rings (SSSR count). The van der Waals surface area contributed by atoms with E-state index in [9.17, 15) is 4.79 Å². The molecule has 146 valence electrons. The lowest BCUT2D eigenvalue weighted by Gasteiger charge is -2.39. The van der Waals surface area contributed by atoms with Crippen molar-refractivity contribution in [2.75, 3.05) is 6.54 Å². The van der Waals surface area contributed by atoms with Gasteiger partial charge in [-0.3, -0.25) is 9.80 Å². The summed E-state index contributed by atoms with van der Waals surface area (Å²) in [5.74, 6) is 0.673. The minimum Gasteiger partial charge on any atom is -0.345 e. The Balaban J connectivity index is 1.52. The number of unbranched alkanes of at least 4 members (excludes halogenated alkanes) is 1. The molecule has 0 radical (unpaired) electrons. The third-order valence-corrected chi connectivity index (χ3v) is 7.72. The Morgan fingerprint density at radius 1 is 1.22 bits per heavy atom. The summed E-state index contributed by atoms with van der Waals surface area (Å²) in [6.45, 7) is 7.73. The summed E-state index contributed by atoms with van der Waals surface area (Å²) in [7, 11) is 0. The molecule has 2 fully saturated rings. The van der Waals surface area contributed by atoms with Gasteiger partial charge in [-0.15, -0.1) is 0 Å². The van der Waals surface area contributed by atoms with E-state index in [0.717, 1.165) is 19.4 Å². The molecule has 1 amide bonds. The van der Waals surface area contributed by atoms with E-state index in [-0.39, 0.29) is 22.9 Å². The van der Waals surface area contributed by atoms with Crippen LogP contribution >= 0.6 is 0 Å². The first-order valence-electron chi connectivity index (χ1n) is 10.7. The molecule has 0 aromatic heterocycles. The van der Waals surface area contributed by atoms with E-state index >= 15 is 0 Å². The molecule has 0 saturated heterocycles. The van der Waals surface area contributed by atoms with Crippen LogP contribution in [0, 0.1) is 11.3 Å². The zero-order valence-electron chi connectivity index (χ0n) is 17.0. The molecule has 1 unspecified atom stereocenters. The molecule has 2 bridgehead atoms. The summed E-state index contributed by atoms with van der Waals surface area (Å²) in [4.78, 5) is 13.2. The number of nitrogens with one attached hydrogen (secondary N) is 1. The Morgan fingerprint density at radius 2 is 1.93 bits per heavy atom. The molecule has 27 heavy (non-hydrogen) atoms. The number of hydrazone groups is 1. The van der Waals surface area contributed by atoms with Gasteiger partial charge in [-0.2, -0.15) is 5.10 Å². The molecule has 1 aromatic carbocycles. The summed E-state index contributed by atoms with van der Waals surface area (Å²) in [6.07, 6.45) is 7.89. The first kappa shape index (κ1) is 18.5. The molecular formula is C23H33N3O. The Kier molecular flexibility index (Phi) is 4.77. The quantitative estimate of drug-likeness (QED) is 0.794. The number of hydrogen-bond donors (Lipinski definition) is 1. The maximum atomic E-state index is 13.2. The molecule has 1 aromatic rings. The third kappa shape index (κ3) is 3.07. The highest BCUT2D eigenvalue weighted by Gasteiger charge is 2.59. The number of carbonyl (C=O) groups is 1. The fraction of sp³-hybridized carbons (Fsp3) is 0.652. The van der Waals surface area contributed by atoms with Crippen molar-refractivity contribution in [2.24, 2.45) is 16.4 Å². The number of rotatable bonds is 6. The maximum Gasteiger partial charge on any atom is 0.268 e. The zero-order valence-corrected chi connectivity index (χ0v) is 17.0. The molecule has 4 nitrogen and oxygen atoms in total. The molecule has 1 aliphatic heterocycles. The SMILES string of the molecule is CCCCN1N=C(C(=O)N[C@@]2(C)C3CCC2(C)CC3)CC1c1ccccc1. The molecule has 1 heterocycles. The van der Waals surface area contributed by atoms with Gasteiger partial charge in [-0.25, -0.2) is 0 Å². The van der Waals surface area contributed by atoms with Crippen LogP contribution in [0.25, 0.3) is 0 Å². The van der Waals surface area contributed by atoms with Crippen LogP contribution in [0.4, 0.5) is 0 Å². The van der Waals surface area contributed by atoms with E-state index in [4.69, 9.17) is 5.10 Å². The smallest absolute Gasteiger partial charge is 0.268 e. The van der Waals surface area contributed by atoms with Gasteiger partial charge in [0.2, 0.25) is 0 Å². The van der Waals surface area contributed by atoms with Crippen molar-refractivity contribution in [3.63, 3.8) is 0 Å². The van der Waals surface area contributed by atoms with Crippen molar-refractivity contribution in [2.45, 2.75) is 77.3 Å². The first-order chi connectivity index (χ1) is 13.0. The molecular weight excluding hydrogens is 334 g/mol. The van der Waals surface area contributed by atoms with Crippen molar-refractivity contribution in [1.29, 1.82) is 0 Å². The average Bonchev–Trinajstić information content (AvgIpc) is 3.28. The van der Waals surface area contributed by atoms with E-state index < -0.39 is 0 Å². The van der Waals surface area contributed by atoms with Crippen LogP contribution < -0.4 is 5.32 Å². The molecule has 2 saturated carbocycles. The Morgan fingerprint density at radius 3 is 2.52 bits per heavy atom. The average molecular weight is 368 g/mol. The van der Waals surface area contributed by atoms with Gasteiger partial charge in [0.05, 0.1) is 6.04 Å². The lowest BCUT2D eigenvalue weighted by atomic mass is 9.76. The zero-order chi connectivity index (χ0) is 19.1. The second-order valence-electron chi connectivity index (χ2n) is 9.19. The van der Waals surface area contributed by atoms with Gasteiger partial charge in [-0.05, 0) is 55.9 Å². The number of hydrogen-bond acceptors (Lipinski definition) is 3. The minimum atomic E-state index is -0.0777. The predicted octanol–water partition coefficient (Wildman–Crippen LogP) is 4.67. The van der Waals surface area contributed by atoms with Gasteiger partial charge in [0.25, 0.3) is 5.91 Å². The van der Waals surface area contributed by atoms with E-state index in [2.05, 4.69) is 55.4 Å². The van der Waals surface area contributed by atoms with Crippen LogP contribution in [-0.4, -0.2) is 28.7 Å². The molecule has 0 spiro atoms. The highest BCUT2D eigenvalue weighted by Crippen LogP contribution is 2.60. The highest BCUT2D eigenvalue weighted by atomic mass is 16.2. The number of benzene rings is 1. The van der Waals surface area contributed by atoms with Crippen molar-refractivity contribution >= 4 is 11.6 Å². The van der Waals surface area contributed by atoms with Gasteiger partial charge >= 0.3 is 0 Å². The van der Waals surface area contributed by atoms with Crippen LogP contribution in [0.15, 0.2) is 35.4 Å². The monoisotopic (exact) mass is 367 g/mol. The Bertz CT molecular complexity index is 720. The number of nitrogens with zero attached hydrogens (tertiary/aromatic N) is 2. The van der Waals surface area contributed by atoms with Crippen molar-refractivity contribution < 1.29 is 4.79 Å². The maximum absolute atomic E-state index is 13.2. The largest absolute Gasteiger partial charge is 0.345 e. The van der Waals surface area contributed by atoms with E-state index in [1.165, 1.54) is 31.2 Å². The molecule has 3 aliphatic rings. The topological polar surface area (TPSA) is 44.7 Å².